The Morgan fingerprint density at radius 3 is 2.38 bits per heavy atom. The molecule has 0 unspecified atom stereocenters. The molecule has 2 aromatic carbocycles. The van der Waals surface area contributed by atoms with E-state index in [1.54, 1.807) is 41.3 Å². The van der Waals surface area contributed by atoms with Crippen molar-refractivity contribution < 1.29 is 14.3 Å². The van der Waals surface area contributed by atoms with Crippen LogP contribution < -0.4 is 5.56 Å². The monoisotopic (exact) mass is 391 g/mol. The number of nitrogens with zero attached hydrogens (tertiary/aromatic N) is 2. The van der Waals surface area contributed by atoms with Gasteiger partial charge in [-0.2, -0.15) is 5.10 Å². The maximum Gasteiger partial charge on any atom is 0.313 e. The molecular formula is C22H21N3O4. The molecule has 1 atom stereocenters. The molecule has 1 aliphatic heterocycles. The van der Waals surface area contributed by atoms with Crippen LogP contribution in [0.25, 0.3) is 10.8 Å². The molecule has 29 heavy (non-hydrogen) atoms. The molecule has 1 aromatic heterocycles. The third-order valence-electron chi connectivity index (χ3n) is 5.08. The molecule has 2 heterocycles. The van der Waals surface area contributed by atoms with Crippen LogP contribution in [0.15, 0.2) is 59.4 Å². The minimum Gasteiger partial charge on any atom is -0.447 e. The van der Waals surface area contributed by atoms with Gasteiger partial charge in [-0.15, -0.1) is 0 Å². The molecule has 1 N–H and O–H groups in total. The number of aromatic nitrogens is 2. The van der Waals surface area contributed by atoms with Crippen molar-refractivity contribution in [1.29, 1.82) is 0 Å². The lowest BCUT2D eigenvalue weighted by Crippen LogP contribution is -2.35. The third-order valence-corrected chi connectivity index (χ3v) is 5.08. The molecule has 7 nitrogen and oxygen atoms in total. The zero-order chi connectivity index (χ0) is 20.2. The van der Waals surface area contributed by atoms with Gasteiger partial charge in [0.1, 0.15) is 0 Å². The number of H-pyrrole nitrogens is 1. The van der Waals surface area contributed by atoms with Crippen molar-refractivity contribution in [1.82, 2.24) is 15.1 Å². The lowest BCUT2D eigenvalue weighted by molar-refractivity contribution is -0.160. The average Bonchev–Trinajstić information content (AvgIpc) is 3.29. The molecule has 0 bridgehead atoms. The number of rotatable bonds is 5. The Hall–Kier alpha value is -3.48. The van der Waals surface area contributed by atoms with Crippen molar-refractivity contribution in [3.05, 3.63) is 76.2 Å². The zero-order valence-electron chi connectivity index (χ0n) is 15.8. The van der Waals surface area contributed by atoms with Gasteiger partial charge in [-0.25, -0.2) is 5.10 Å². The van der Waals surface area contributed by atoms with Gasteiger partial charge < -0.3 is 9.64 Å². The van der Waals surface area contributed by atoms with Gasteiger partial charge in [0.2, 0.25) is 6.10 Å². The van der Waals surface area contributed by atoms with Gasteiger partial charge in [0, 0.05) is 24.0 Å². The quantitative estimate of drug-likeness (QED) is 0.674. The Morgan fingerprint density at radius 1 is 1.00 bits per heavy atom. The predicted molar refractivity (Wildman–Crippen MR) is 107 cm³/mol. The average molecular weight is 391 g/mol. The number of hydrogen-bond donors (Lipinski definition) is 1. The number of fused-ring (bicyclic) bond motifs is 1. The highest BCUT2D eigenvalue weighted by Gasteiger charge is 2.31. The third kappa shape index (κ3) is 4.03. The summed E-state index contributed by atoms with van der Waals surface area (Å²) in [6, 6.07) is 16.0. The van der Waals surface area contributed by atoms with E-state index in [1.807, 2.05) is 18.2 Å². The maximum atomic E-state index is 13.0. The topological polar surface area (TPSA) is 92.4 Å². The molecular weight excluding hydrogens is 370 g/mol. The van der Waals surface area contributed by atoms with E-state index in [-0.39, 0.29) is 17.9 Å². The summed E-state index contributed by atoms with van der Waals surface area (Å²) >= 11 is 0. The van der Waals surface area contributed by atoms with Gasteiger partial charge in [0.05, 0.1) is 17.5 Å². The fourth-order valence-corrected chi connectivity index (χ4v) is 3.61. The van der Waals surface area contributed by atoms with Gasteiger partial charge >= 0.3 is 5.97 Å². The van der Waals surface area contributed by atoms with Gasteiger partial charge in [-0.3, -0.25) is 14.4 Å². The Kier molecular flexibility index (Phi) is 5.37. The highest BCUT2D eigenvalue weighted by molar-refractivity contribution is 5.89. The van der Waals surface area contributed by atoms with Gasteiger partial charge in [0.15, 0.2) is 0 Å². The van der Waals surface area contributed by atoms with Crippen molar-refractivity contribution in [3.8, 4) is 0 Å². The molecule has 1 amide bonds. The molecule has 4 rings (SSSR count). The van der Waals surface area contributed by atoms with E-state index in [2.05, 4.69) is 10.2 Å². The SMILES string of the molecule is O=C(Cc1n[nH]c(=O)c2ccccc12)O[C@H](C(=O)N1CCCC1)c1ccccc1. The number of esters is 1. The van der Waals surface area contributed by atoms with Crippen LogP contribution in [0.3, 0.4) is 0 Å². The van der Waals surface area contributed by atoms with Crippen LogP contribution in [0.2, 0.25) is 0 Å². The lowest BCUT2D eigenvalue weighted by atomic mass is 10.1. The van der Waals surface area contributed by atoms with Gasteiger partial charge in [-0.05, 0) is 18.9 Å². The number of carbonyl (C=O) groups is 2. The molecule has 148 valence electrons. The van der Waals surface area contributed by atoms with E-state index < -0.39 is 12.1 Å². The first kappa shape index (κ1) is 18.9. The van der Waals surface area contributed by atoms with Crippen molar-refractivity contribution >= 4 is 22.6 Å². The molecule has 1 fully saturated rings. The van der Waals surface area contributed by atoms with Crippen LogP contribution in [0.1, 0.15) is 30.2 Å². The highest BCUT2D eigenvalue weighted by atomic mass is 16.5. The Balaban J connectivity index is 1.58. The molecule has 0 spiro atoms. The molecule has 1 aliphatic rings. The standard InChI is InChI=1S/C22H21N3O4/c26-19(14-18-16-10-4-5-11-17(16)21(27)24-23-18)29-20(15-8-2-1-3-9-15)22(28)25-12-6-7-13-25/h1-5,8-11,20H,6-7,12-14H2,(H,24,27)/t20-/m0/s1. The molecule has 0 aliphatic carbocycles. The largest absolute Gasteiger partial charge is 0.447 e. The van der Waals surface area contributed by atoms with Crippen molar-refractivity contribution in [3.63, 3.8) is 0 Å². The van der Waals surface area contributed by atoms with Crippen molar-refractivity contribution in [2.24, 2.45) is 0 Å². The smallest absolute Gasteiger partial charge is 0.313 e. The van der Waals surface area contributed by atoms with E-state index in [1.165, 1.54) is 0 Å². The number of nitrogens with one attached hydrogen (secondary N) is 1. The summed E-state index contributed by atoms with van der Waals surface area (Å²) in [7, 11) is 0. The Bertz CT molecular complexity index is 1090. The first-order chi connectivity index (χ1) is 14.1. The van der Waals surface area contributed by atoms with Gasteiger partial charge in [0.25, 0.3) is 11.5 Å². The summed E-state index contributed by atoms with van der Waals surface area (Å²) in [4.78, 5) is 39.4. The summed E-state index contributed by atoms with van der Waals surface area (Å²) in [5.74, 6) is -0.780. The van der Waals surface area contributed by atoms with E-state index in [0.29, 0.717) is 35.1 Å². The second-order valence-corrected chi connectivity index (χ2v) is 7.03. The number of hydrogen-bond acceptors (Lipinski definition) is 5. The maximum absolute atomic E-state index is 13.0. The summed E-state index contributed by atoms with van der Waals surface area (Å²) in [5, 5.41) is 7.48. The van der Waals surface area contributed by atoms with Gasteiger partial charge in [-0.1, -0.05) is 48.5 Å². The Morgan fingerprint density at radius 2 is 1.66 bits per heavy atom. The fraction of sp³-hybridized carbons (Fsp3) is 0.273. The van der Waals surface area contributed by atoms with Crippen molar-refractivity contribution in [2.75, 3.05) is 13.1 Å². The number of benzene rings is 2. The first-order valence-electron chi connectivity index (χ1n) is 9.63. The first-order valence-corrected chi connectivity index (χ1v) is 9.63. The zero-order valence-corrected chi connectivity index (χ0v) is 15.8. The number of amides is 1. The van der Waals surface area contributed by atoms with Crippen LogP contribution in [0.4, 0.5) is 0 Å². The molecule has 0 saturated carbocycles. The number of likely N-dealkylation sites (tertiary alicyclic amines) is 1. The Labute approximate surface area is 167 Å². The van der Waals surface area contributed by atoms with Crippen LogP contribution in [0, 0.1) is 0 Å². The molecule has 1 saturated heterocycles. The van der Waals surface area contributed by atoms with E-state index in [9.17, 15) is 14.4 Å². The minimum absolute atomic E-state index is 0.145. The highest BCUT2D eigenvalue weighted by Crippen LogP contribution is 2.24. The summed E-state index contributed by atoms with van der Waals surface area (Å²) in [5.41, 5.74) is 0.728. The van der Waals surface area contributed by atoms with Crippen molar-refractivity contribution in [2.45, 2.75) is 25.4 Å². The van der Waals surface area contributed by atoms with Crippen LogP contribution >= 0.6 is 0 Å². The summed E-state index contributed by atoms with van der Waals surface area (Å²) in [6.07, 6.45) is 0.771. The van der Waals surface area contributed by atoms with E-state index in [4.69, 9.17) is 4.74 Å². The molecule has 0 radical (unpaired) electrons. The predicted octanol–water partition coefficient (Wildman–Crippen LogP) is 2.37. The number of ether oxygens (including phenoxy) is 1. The lowest BCUT2D eigenvalue weighted by Gasteiger charge is -2.23. The van der Waals surface area contributed by atoms with E-state index >= 15 is 0 Å². The second kappa shape index (κ2) is 8.26. The number of aromatic amines is 1. The molecule has 7 heteroatoms. The fourth-order valence-electron chi connectivity index (χ4n) is 3.61. The van der Waals surface area contributed by atoms with E-state index in [0.717, 1.165) is 12.8 Å². The number of carbonyl (C=O) groups excluding carboxylic acids is 2. The second-order valence-electron chi connectivity index (χ2n) is 7.03. The molecule has 3 aromatic rings. The minimum atomic E-state index is -0.990. The summed E-state index contributed by atoms with van der Waals surface area (Å²) in [6.45, 7) is 1.34. The van der Waals surface area contributed by atoms with Crippen LogP contribution in [-0.2, 0) is 20.7 Å². The van der Waals surface area contributed by atoms with Crippen LogP contribution in [-0.4, -0.2) is 40.1 Å². The summed E-state index contributed by atoms with van der Waals surface area (Å²) < 4.78 is 5.63. The normalized spacial score (nSPS) is 14.7. The van der Waals surface area contributed by atoms with Crippen LogP contribution in [0.5, 0.6) is 0 Å².